The summed E-state index contributed by atoms with van der Waals surface area (Å²) in [6.45, 7) is 1.30. The minimum atomic E-state index is -0.672. The third-order valence-electron chi connectivity index (χ3n) is 4.69. The van der Waals surface area contributed by atoms with E-state index in [1.807, 2.05) is 53.4 Å². The minimum Gasteiger partial charge on any atom is -0.445 e. The summed E-state index contributed by atoms with van der Waals surface area (Å²) in [6.07, 6.45) is 0.413. The Hall–Kier alpha value is -2.99. The van der Waals surface area contributed by atoms with E-state index in [0.29, 0.717) is 31.5 Å². The van der Waals surface area contributed by atoms with Crippen LogP contribution in [0.3, 0.4) is 0 Å². The molecule has 2 aromatic rings. The molecule has 0 bridgehead atoms. The van der Waals surface area contributed by atoms with E-state index in [0.717, 1.165) is 5.56 Å². The zero-order chi connectivity index (χ0) is 19.8. The zero-order valence-electron chi connectivity index (χ0n) is 15.7. The molecule has 6 heteroatoms. The summed E-state index contributed by atoms with van der Waals surface area (Å²) in [5.74, 6) is -0.0355. The largest absolute Gasteiger partial charge is 0.445 e. The highest BCUT2D eigenvalue weighted by atomic mass is 16.5. The summed E-state index contributed by atoms with van der Waals surface area (Å²) in [5, 5.41) is 2.66. The molecule has 1 unspecified atom stereocenters. The van der Waals surface area contributed by atoms with Crippen LogP contribution in [-0.2, 0) is 16.1 Å². The zero-order valence-corrected chi connectivity index (χ0v) is 15.7. The van der Waals surface area contributed by atoms with Crippen molar-refractivity contribution < 1.29 is 19.1 Å². The number of amides is 1. The molecule has 28 heavy (non-hydrogen) atoms. The second-order valence-electron chi connectivity index (χ2n) is 6.85. The number of hydrogen-bond donors (Lipinski definition) is 1. The van der Waals surface area contributed by atoms with E-state index in [4.69, 9.17) is 4.74 Å². The monoisotopic (exact) mass is 380 g/mol. The highest BCUT2D eigenvalue weighted by Gasteiger charge is 2.28. The van der Waals surface area contributed by atoms with Gasteiger partial charge in [-0.3, -0.25) is 14.5 Å². The van der Waals surface area contributed by atoms with Crippen molar-refractivity contribution in [2.75, 3.05) is 19.6 Å². The quantitative estimate of drug-likeness (QED) is 0.780. The Morgan fingerprint density at radius 1 is 1.04 bits per heavy atom. The SMILES string of the molecule is O=C(NC1CN(CC(=O)c2ccccc2)CCCC1=O)OCc1ccccc1. The average Bonchev–Trinajstić information content (AvgIpc) is 2.89. The van der Waals surface area contributed by atoms with Crippen molar-refractivity contribution in [1.82, 2.24) is 10.2 Å². The second kappa shape index (κ2) is 9.80. The van der Waals surface area contributed by atoms with Gasteiger partial charge in [-0.1, -0.05) is 60.7 Å². The van der Waals surface area contributed by atoms with E-state index in [9.17, 15) is 14.4 Å². The Bertz CT molecular complexity index is 808. The minimum absolute atomic E-state index is 0.000327. The molecule has 1 N–H and O–H groups in total. The summed E-state index contributed by atoms with van der Waals surface area (Å²) in [7, 11) is 0. The molecule has 0 aromatic heterocycles. The fourth-order valence-electron chi connectivity index (χ4n) is 3.20. The van der Waals surface area contributed by atoms with E-state index in [1.54, 1.807) is 12.1 Å². The number of benzene rings is 2. The fourth-order valence-corrected chi connectivity index (χ4v) is 3.20. The van der Waals surface area contributed by atoms with Crippen LogP contribution in [0.2, 0.25) is 0 Å². The number of likely N-dealkylation sites (tertiary alicyclic amines) is 1. The van der Waals surface area contributed by atoms with Crippen molar-refractivity contribution in [1.29, 1.82) is 0 Å². The standard InChI is InChI=1S/C22H24N2O4/c25-20-12-7-13-24(15-21(26)18-10-5-2-6-11-18)14-19(20)23-22(27)28-16-17-8-3-1-4-9-17/h1-6,8-11,19H,7,12-16H2,(H,23,27). The molecule has 0 aliphatic carbocycles. The van der Waals surface area contributed by atoms with Gasteiger partial charge in [-0.2, -0.15) is 0 Å². The maximum atomic E-state index is 12.5. The lowest BCUT2D eigenvalue weighted by molar-refractivity contribution is -0.120. The average molecular weight is 380 g/mol. The third-order valence-corrected chi connectivity index (χ3v) is 4.69. The van der Waals surface area contributed by atoms with Gasteiger partial charge in [0.1, 0.15) is 12.6 Å². The predicted octanol–water partition coefficient (Wildman–Crippen LogP) is 2.83. The Balaban J connectivity index is 1.54. The van der Waals surface area contributed by atoms with Crippen LogP contribution in [-0.4, -0.2) is 48.2 Å². The Morgan fingerprint density at radius 2 is 1.71 bits per heavy atom. The van der Waals surface area contributed by atoms with Crippen molar-refractivity contribution >= 4 is 17.7 Å². The Kier molecular flexibility index (Phi) is 6.92. The van der Waals surface area contributed by atoms with Gasteiger partial charge >= 0.3 is 6.09 Å². The molecule has 1 atom stereocenters. The van der Waals surface area contributed by atoms with Crippen molar-refractivity contribution in [2.45, 2.75) is 25.5 Å². The van der Waals surface area contributed by atoms with Crippen molar-refractivity contribution in [3.05, 3.63) is 71.8 Å². The molecule has 0 spiro atoms. The van der Waals surface area contributed by atoms with E-state index < -0.39 is 12.1 Å². The van der Waals surface area contributed by atoms with E-state index >= 15 is 0 Å². The normalized spacial score (nSPS) is 17.6. The first-order chi connectivity index (χ1) is 13.6. The molecule has 2 aromatic carbocycles. The number of nitrogens with zero attached hydrogens (tertiary/aromatic N) is 1. The predicted molar refractivity (Wildman–Crippen MR) is 105 cm³/mol. The van der Waals surface area contributed by atoms with Crippen molar-refractivity contribution in [2.24, 2.45) is 0 Å². The van der Waals surface area contributed by atoms with Crippen LogP contribution in [0, 0.1) is 0 Å². The van der Waals surface area contributed by atoms with Gasteiger partial charge in [-0.25, -0.2) is 4.79 Å². The smallest absolute Gasteiger partial charge is 0.408 e. The molecule has 1 fully saturated rings. The fraction of sp³-hybridized carbons (Fsp3) is 0.318. The first kappa shape index (κ1) is 19.8. The van der Waals surface area contributed by atoms with Gasteiger partial charge in [0, 0.05) is 18.5 Å². The van der Waals surface area contributed by atoms with Crippen LogP contribution in [0.25, 0.3) is 0 Å². The lowest BCUT2D eigenvalue weighted by atomic mass is 10.1. The van der Waals surface area contributed by atoms with Gasteiger partial charge in [0.25, 0.3) is 0 Å². The number of carbonyl (C=O) groups excluding carboxylic acids is 3. The number of ketones is 2. The van der Waals surface area contributed by atoms with E-state index in [1.165, 1.54) is 0 Å². The maximum Gasteiger partial charge on any atom is 0.408 e. The third kappa shape index (κ3) is 5.76. The molecule has 1 aliphatic rings. The van der Waals surface area contributed by atoms with Gasteiger partial charge in [0.15, 0.2) is 11.6 Å². The molecule has 6 nitrogen and oxygen atoms in total. The van der Waals surface area contributed by atoms with Crippen LogP contribution >= 0.6 is 0 Å². The molecule has 0 saturated carbocycles. The van der Waals surface area contributed by atoms with Crippen molar-refractivity contribution in [3.63, 3.8) is 0 Å². The summed E-state index contributed by atoms with van der Waals surface area (Å²) in [4.78, 5) is 38.8. The van der Waals surface area contributed by atoms with Crippen LogP contribution in [0.1, 0.15) is 28.8 Å². The van der Waals surface area contributed by atoms with Crippen LogP contribution in [0.4, 0.5) is 4.79 Å². The lowest BCUT2D eigenvalue weighted by Crippen LogP contribution is -2.47. The highest BCUT2D eigenvalue weighted by Crippen LogP contribution is 2.10. The van der Waals surface area contributed by atoms with Gasteiger partial charge in [0.2, 0.25) is 0 Å². The van der Waals surface area contributed by atoms with E-state index in [2.05, 4.69) is 5.32 Å². The van der Waals surface area contributed by atoms with Crippen LogP contribution < -0.4 is 5.32 Å². The number of Topliss-reactive ketones (excluding diaryl/α,β-unsaturated/α-hetero) is 2. The lowest BCUT2D eigenvalue weighted by Gasteiger charge is -2.23. The molecular formula is C22H24N2O4. The highest BCUT2D eigenvalue weighted by molar-refractivity contribution is 5.97. The molecule has 3 rings (SSSR count). The molecular weight excluding hydrogens is 356 g/mol. The molecule has 0 radical (unpaired) electrons. The van der Waals surface area contributed by atoms with Gasteiger partial charge in [-0.15, -0.1) is 0 Å². The number of nitrogens with one attached hydrogen (secondary N) is 1. The number of rotatable bonds is 6. The maximum absolute atomic E-state index is 12.5. The number of alkyl carbamates (subject to hydrolysis) is 1. The number of hydrogen-bond acceptors (Lipinski definition) is 5. The first-order valence-corrected chi connectivity index (χ1v) is 9.42. The molecule has 146 valence electrons. The molecule has 1 heterocycles. The van der Waals surface area contributed by atoms with E-state index in [-0.39, 0.29) is 24.7 Å². The first-order valence-electron chi connectivity index (χ1n) is 9.42. The van der Waals surface area contributed by atoms with Crippen molar-refractivity contribution in [3.8, 4) is 0 Å². The molecule has 1 aliphatic heterocycles. The Labute approximate surface area is 164 Å². The van der Waals surface area contributed by atoms with Gasteiger partial charge in [0.05, 0.1) is 6.54 Å². The molecule has 1 amide bonds. The topological polar surface area (TPSA) is 75.7 Å². The summed E-state index contributed by atoms with van der Waals surface area (Å²) >= 11 is 0. The second-order valence-corrected chi connectivity index (χ2v) is 6.85. The summed E-state index contributed by atoms with van der Waals surface area (Å²) in [6, 6.07) is 17.8. The summed E-state index contributed by atoms with van der Waals surface area (Å²) < 4.78 is 5.22. The van der Waals surface area contributed by atoms with Gasteiger partial charge in [-0.05, 0) is 18.5 Å². The van der Waals surface area contributed by atoms with Crippen LogP contribution in [0.5, 0.6) is 0 Å². The van der Waals surface area contributed by atoms with Gasteiger partial charge < -0.3 is 10.1 Å². The summed E-state index contributed by atoms with van der Waals surface area (Å²) in [5.41, 5.74) is 1.52. The molecule has 1 saturated heterocycles. The Morgan fingerprint density at radius 3 is 2.43 bits per heavy atom. The number of carbonyl (C=O) groups is 3. The number of ether oxygens (including phenoxy) is 1. The van der Waals surface area contributed by atoms with Crippen LogP contribution in [0.15, 0.2) is 60.7 Å².